The van der Waals surface area contributed by atoms with Crippen molar-refractivity contribution >= 4 is 58.2 Å². The Labute approximate surface area is 193 Å². The van der Waals surface area contributed by atoms with Gasteiger partial charge in [-0.05, 0) is 32.0 Å². The van der Waals surface area contributed by atoms with Crippen LogP contribution in [0.25, 0.3) is 0 Å². The van der Waals surface area contributed by atoms with Gasteiger partial charge in [0, 0.05) is 6.07 Å². The topological polar surface area (TPSA) is 69.4 Å². The number of Topliss-reactive ketones (excluding diaryl/α,β-unsaturated/α-hetero) is 1. The molecule has 1 radical (unpaired) electrons. The van der Waals surface area contributed by atoms with Gasteiger partial charge in [-0.2, -0.15) is 4.48 Å². The van der Waals surface area contributed by atoms with E-state index in [1.165, 1.54) is 0 Å². The maximum atomic E-state index is 13.7. The summed E-state index contributed by atoms with van der Waals surface area (Å²) < 4.78 is 10.6. The summed E-state index contributed by atoms with van der Waals surface area (Å²) in [5, 5.41) is 0.709. The molecular formula is C22H15Cl3N2O4+. The Kier molecular flexibility index (Phi) is 5.66. The lowest BCUT2D eigenvalue weighted by molar-refractivity contribution is 0.0479. The Bertz CT molecular complexity index is 1220. The van der Waals surface area contributed by atoms with Gasteiger partial charge in [-0.25, -0.2) is 4.98 Å². The highest BCUT2D eigenvalue weighted by molar-refractivity contribution is 6.40. The fraction of sp³-hybridized carbons (Fsp3) is 0.136. The smallest absolute Gasteiger partial charge is 0.314 e. The van der Waals surface area contributed by atoms with Crippen LogP contribution in [0.4, 0.5) is 11.4 Å². The number of aromatic nitrogens is 1. The lowest BCUT2D eigenvalue weighted by Crippen LogP contribution is -2.54. The highest BCUT2D eigenvalue weighted by atomic mass is 35.5. The first-order chi connectivity index (χ1) is 14.8. The van der Waals surface area contributed by atoms with Crippen LogP contribution in [-0.2, 0) is 9.53 Å². The minimum Gasteiger partial charge on any atom is -0.448 e. The van der Waals surface area contributed by atoms with E-state index < -0.39 is 16.5 Å². The summed E-state index contributed by atoms with van der Waals surface area (Å²) in [5.74, 6) is -0.0468. The minimum absolute atomic E-state index is 0.0163. The number of hydrogen-bond acceptors (Lipinski definition) is 5. The zero-order valence-corrected chi connectivity index (χ0v) is 18.6. The molecule has 2 unspecified atom stereocenters. The molecule has 0 saturated carbocycles. The number of aryl methyl sites for hydroxylation is 1. The summed E-state index contributed by atoms with van der Waals surface area (Å²) in [6, 6.07) is 11.7. The standard InChI is InChI=1S/C22H15Cl3N2O4/c1-12-18(10-28)27(17-9-4-3-6-14(17)23,20-15(24)7-5-8-16(20)25)22(31-12)21(29)19-13(2)30-11-26-19/h3-9,11,22H,1-2H3/q+1. The number of halogens is 3. The fourth-order valence-corrected chi connectivity index (χ4v) is 4.79. The average molecular weight is 478 g/mol. The molecule has 2 aromatic carbocycles. The van der Waals surface area contributed by atoms with E-state index in [9.17, 15) is 9.59 Å². The van der Waals surface area contributed by atoms with E-state index in [0.717, 1.165) is 6.39 Å². The van der Waals surface area contributed by atoms with E-state index in [0.29, 0.717) is 11.4 Å². The van der Waals surface area contributed by atoms with E-state index in [2.05, 4.69) is 4.98 Å². The number of allylic oxidation sites excluding steroid dienone is 2. The third kappa shape index (κ3) is 3.18. The van der Waals surface area contributed by atoms with Crippen LogP contribution in [0.1, 0.15) is 23.2 Å². The Morgan fingerprint density at radius 1 is 1.03 bits per heavy atom. The minimum atomic E-state index is -1.34. The number of para-hydroxylation sites is 2. The zero-order chi connectivity index (χ0) is 22.3. The second-order valence-corrected chi connectivity index (χ2v) is 8.06. The van der Waals surface area contributed by atoms with Crippen molar-refractivity contribution in [2.45, 2.75) is 20.1 Å². The maximum absolute atomic E-state index is 13.7. The molecule has 9 heteroatoms. The second kappa shape index (κ2) is 8.13. The molecule has 0 saturated heterocycles. The highest BCUT2D eigenvalue weighted by Crippen LogP contribution is 2.55. The van der Waals surface area contributed by atoms with E-state index >= 15 is 0 Å². The molecule has 1 aromatic heterocycles. The molecule has 2 heterocycles. The van der Waals surface area contributed by atoms with Gasteiger partial charge in [-0.3, -0.25) is 9.59 Å². The summed E-state index contributed by atoms with van der Waals surface area (Å²) in [6.07, 6.45) is 1.76. The van der Waals surface area contributed by atoms with Gasteiger partial charge in [0.05, 0.1) is 0 Å². The first kappa shape index (κ1) is 21.6. The molecule has 0 aliphatic carbocycles. The molecular weight excluding hydrogens is 463 g/mol. The Morgan fingerprint density at radius 2 is 1.68 bits per heavy atom. The van der Waals surface area contributed by atoms with Gasteiger partial charge >= 0.3 is 6.23 Å². The van der Waals surface area contributed by atoms with Gasteiger partial charge in [-0.15, -0.1) is 0 Å². The average Bonchev–Trinajstić information content (AvgIpc) is 3.29. The van der Waals surface area contributed by atoms with Crippen LogP contribution in [0.2, 0.25) is 15.1 Å². The number of ether oxygens (including phenoxy) is 1. The number of carbonyl (C=O) groups is 1. The zero-order valence-electron chi connectivity index (χ0n) is 16.4. The van der Waals surface area contributed by atoms with E-state index in [-0.39, 0.29) is 37.9 Å². The molecule has 157 valence electrons. The van der Waals surface area contributed by atoms with Gasteiger partial charge in [0.15, 0.2) is 29.2 Å². The molecule has 1 aliphatic heterocycles. The van der Waals surface area contributed by atoms with Crippen molar-refractivity contribution in [3.05, 3.63) is 86.8 Å². The molecule has 6 nitrogen and oxygen atoms in total. The highest BCUT2D eigenvalue weighted by Gasteiger charge is 2.60. The van der Waals surface area contributed by atoms with E-state index in [1.54, 1.807) is 56.3 Å². The van der Waals surface area contributed by atoms with Crippen LogP contribution in [0.15, 0.2) is 64.7 Å². The van der Waals surface area contributed by atoms with E-state index in [4.69, 9.17) is 44.0 Å². The van der Waals surface area contributed by atoms with Crippen LogP contribution in [0.5, 0.6) is 0 Å². The largest absolute Gasteiger partial charge is 0.448 e. The number of nitrogens with zero attached hydrogens (tertiary/aromatic N) is 2. The first-order valence-corrected chi connectivity index (χ1v) is 10.3. The van der Waals surface area contributed by atoms with Gasteiger partial charge in [0.2, 0.25) is 5.70 Å². The number of oxazole rings is 1. The van der Waals surface area contributed by atoms with Crippen LogP contribution < -0.4 is 4.48 Å². The molecule has 3 aromatic rings. The van der Waals surface area contributed by atoms with Crippen molar-refractivity contribution in [1.29, 1.82) is 0 Å². The fourth-order valence-electron chi connectivity index (χ4n) is 3.86. The summed E-state index contributed by atoms with van der Waals surface area (Å²) in [4.78, 5) is 30.0. The Hall–Kier alpha value is -2.64. The van der Waals surface area contributed by atoms with Gasteiger partial charge in [0.1, 0.15) is 20.8 Å². The van der Waals surface area contributed by atoms with Crippen molar-refractivity contribution in [2.24, 2.45) is 0 Å². The van der Waals surface area contributed by atoms with Gasteiger partial charge < -0.3 is 9.15 Å². The van der Waals surface area contributed by atoms with Crippen molar-refractivity contribution in [3.63, 3.8) is 0 Å². The quantitative estimate of drug-likeness (QED) is 0.325. The van der Waals surface area contributed by atoms with Gasteiger partial charge in [0.25, 0.3) is 12.1 Å². The Morgan fingerprint density at radius 3 is 2.26 bits per heavy atom. The van der Waals surface area contributed by atoms with Crippen LogP contribution >= 0.6 is 34.8 Å². The number of quaternary nitrogens is 1. The predicted octanol–water partition coefficient (Wildman–Crippen LogP) is 6.16. The third-order valence-corrected chi connectivity index (χ3v) is 6.08. The van der Waals surface area contributed by atoms with Crippen LogP contribution in [-0.4, -0.2) is 23.3 Å². The predicted molar refractivity (Wildman–Crippen MR) is 118 cm³/mol. The lowest BCUT2D eigenvalue weighted by Gasteiger charge is -2.37. The van der Waals surface area contributed by atoms with Crippen molar-refractivity contribution in [2.75, 3.05) is 0 Å². The first-order valence-electron chi connectivity index (χ1n) is 9.13. The molecule has 1 aliphatic rings. The second-order valence-electron chi connectivity index (χ2n) is 6.84. The lowest BCUT2D eigenvalue weighted by atomic mass is 10.1. The number of ketones is 1. The molecule has 31 heavy (non-hydrogen) atoms. The number of rotatable bonds is 5. The monoisotopic (exact) mass is 476 g/mol. The number of hydrogen-bond donors (Lipinski definition) is 0. The summed E-state index contributed by atoms with van der Waals surface area (Å²) in [5.41, 5.74) is 0.702. The summed E-state index contributed by atoms with van der Waals surface area (Å²) in [6.45, 7) is 3.17. The normalized spacial score (nSPS) is 20.6. The van der Waals surface area contributed by atoms with Crippen LogP contribution in [0, 0.1) is 6.92 Å². The van der Waals surface area contributed by atoms with Crippen molar-refractivity contribution in [1.82, 2.24) is 9.47 Å². The van der Waals surface area contributed by atoms with E-state index in [1.807, 2.05) is 6.29 Å². The molecule has 0 fully saturated rings. The molecule has 0 bridgehead atoms. The molecule has 2 atom stereocenters. The summed E-state index contributed by atoms with van der Waals surface area (Å²) in [7, 11) is 0. The van der Waals surface area contributed by atoms with Crippen molar-refractivity contribution in [3.8, 4) is 0 Å². The molecule has 4 rings (SSSR count). The van der Waals surface area contributed by atoms with Gasteiger partial charge in [-0.1, -0.05) is 53.0 Å². The van der Waals surface area contributed by atoms with Crippen molar-refractivity contribution < 1.29 is 18.7 Å². The number of benzene rings is 2. The number of carbonyl (C=O) groups excluding carboxylic acids is 2. The molecule has 0 N–H and O–H groups in total. The SMILES string of the molecule is CC1=C([C]=O)[N+](c2ccccc2Cl)(c2c(Cl)cccc2Cl)C(C(=O)c2ncoc2C)O1. The molecule has 0 spiro atoms. The molecule has 0 amide bonds. The third-order valence-electron chi connectivity index (χ3n) is 5.15. The Balaban J connectivity index is 2.14. The van der Waals surface area contributed by atoms with Crippen LogP contribution in [0.3, 0.4) is 0 Å². The summed E-state index contributed by atoms with van der Waals surface area (Å²) >= 11 is 19.8. The maximum Gasteiger partial charge on any atom is 0.314 e.